The molecule has 0 aliphatic carbocycles. The minimum Gasteiger partial charge on any atom is -0.323 e. The van der Waals surface area contributed by atoms with Crippen LogP contribution in [0, 0.1) is 17.6 Å². The van der Waals surface area contributed by atoms with E-state index in [4.69, 9.17) is 0 Å². The summed E-state index contributed by atoms with van der Waals surface area (Å²) in [4.78, 5) is 14.3. The molecule has 3 rings (SSSR count). The number of unbranched alkanes of at least 4 members (excludes halogenated alkanes) is 1. The molecule has 9 heteroatoms. The van der Waals surface area contributed by atoms with Crippen LogP contribution >= 0.6 is 0 Å². The average molecular weight is 430 g/mol. The maximum atomic E-state index is 14.1. The molecule has 1 aromatic carbocycles. The molecule has 29 heavy (non-hydrogen) atoms. The number of benzene rings is 1. The first-order valence-corrected chi connectivity index (χ1v) is 11.6. The van der Waals surface area contributed by atoms with Crippen LogP contribution in [-0.4, -0.2) is 54.9 Å². The molecule has 1 aromatic rings. The number of sulfonamides is 1. The van der Waals surface area contributed by atoms with E-state index in [1.807, 2.05) is 18.7 Å². The van der Waals surface area contributed by atoms with Crippen LogP contribution in [-0.2, 0) is 14.8 Å². The quantitative estimate of drug-likeness (QED) is 0.755. The fourth-order valence-electron chi connectivity index (χ4n) is 4.23. The largest absolute Gasteiger partial charge is 0.323 e. The predicted octanol–water partition coefficient (Wildman–Crippen LogP) is 2.70. The summed E-state index contributed by atoms with van der Waals surface area (Å²) in [5.74, 6) is -1.72. The number of rotatable bonds is 6. The number of amides is 1. The third-order valence-corrected chi connectivity index (χ3v) is 7.87. The number of halogens is 2. The molecule has 1 spiro atoms. The molecule has 2 fully saturated rings. The highest BCUT2D eigenvalue weighted by atomic mass is 32.2. The Morgan fingerprint density at radius 1 is 1.24 bits per heavy atom. The van der Waals surface area contributed by atoms with Gasteiger partial charge in [0.2, 0.25) is 15.9 Å². The molecule has 2 heterocycles. The maximum Gasteiger partial charge on any atom is 0.245 e. The number of carbonyl (C=O) groups excluding carboxylic acids is 1. The van der Waals surface area contributed by atoms with E-state index in [-0.39, 0.29) is 31.0 Å². The van der Waals surface area contributed by atoms with Gasteiger partial charge in [0, 0.05) is 25.7 Å². The summed E-state index contributed by atoms with van der Waals surface area (Å²) in [5.41, 5.74) is -0.575. The Hall–Kier alpha value is -1.58. The van der Waals surface area contributed by atoms with E-state index in [1.165, 1.54) is 4.31 Å². The third kappa shape index (κ3) is 4.04. The molecule has 1 N–H and O–H groups in total. The molecular formula is C20H29F2N3O3S. The molecule has 2 aliphatic heterocycles. The van der Waals surface area contributed by atoms with Crippen molar-refractivity contribution >= 4 is 15.9 Å². The zero-order valence-corrected chi connectivity index (χ0v) is 17.9. The van der Waals surface area contributed by atoms with E-state index in [1.54, 1.807) is 0 Å². The first-order chi connectivity index (χ1) is 13.6. The topological polar surface area (TPSA) is 69.7 Å². The van der Waals surface area contributed by atoms with Gasteiger partial charge in [-0.1, -0.05) is 27.2 Å². The summed E-state index contributed by atoms with van der Waals surface area (Å²) in [6.07, 6.45) is 2.68. The van der Waals surface area contributed by atoms with Crippen LogP contribution in [0.2, 0.25) is 0 Å². The lowest BCUT2D eigenvalue weighted by molar-refractivity contribution is -0.133. The predicted molar refractivity (Wildman–Crippen MR) is 105 cm³/mol. The SMILES string of the molecule is CCCCN1C(=O)C(C(C)C)NC12CCN(S(=O)(=O)c1ccc(F)cc1F)CC2. The average Bonchev–Trinajstić information content (AvgIpc) is 2.92. The van der Waals surface area contributed by atoms with Crippen LogP contribution in [0.1, 0.15) is 46.5 Å². The first kappa shape index (κ1) is 22.1. The van der Waals surface area contributed by atoms with Crippen LogP contribution < -0.4 is 5.32 Å². The number of nitrogens with one attached hydrogen (secondary N) is 1. The molecule has 162 valence electrons. The summed E-state index contributed by atoms with van der Waals surface area (Å²) in [6.45, 7) is 6.99. The molecule has 6 nitrogen and oxygen atoms in total. The molecule has 1 amide bonds. The van der Waals surface area contributed by atoms with Gasteiger partial charge in [-0.25, -0.2) is 17.2 Å². The lowest BCUT2D eigenvalue weighted by atomic mass is 9.96. The lowest BCUT2D eigenvalue weighted by Gasteiger charge is -2.44. The van der Waals surface area contributed by atoms with Crippen molar-refractivity contribution in [3.05, 3.63) is 29.8 Å². The monoisotopic (exact) mass is 429 g/mol. The normalized spacial score (nSPS) is 22.8. The molecule has 2 aliphatic rings. The van der Waals surface area contributed by atoms with E-state index in [2.05, 4.69) is 12.2 Å². The third-order valence-electron chi connectivity index (χ3n) is 5.94. The fourth-order valence-corrected chi connectivity index (χ4v) is 5.72. The Balaban J connectivity index is 1.81. The highest BCUT2D eigenvalue weighted by molar-refractivity contribution is 7.89. The molecule has 1 unspecified atom stereocenters. The maximum absolute atomic E-state index is 14.1. The van der Waals surface area contributed by atoms with Crippen molar-refractivity contribution in [1.29, 1.82) is 0 Å². The molecule has 2 saturated heterocycles. The summed E-state index contributed by atoms with van der Waals surface area (Å²) in [6, 6.07) is 2.20. The van der Waals surface area contributed by atoms with E-state index >= 15 is 0 Å². The van der Waals surface area contributed by atoms with Crippen LogP contribution in [0.15, 0.2) is 23.1 Å². The molecule has 0 saturated carbocycles. The van der Waals surface area contributed by atoms with Crippen molar-refractivity contribution in [1.82, 2.24) is 14.5 Å². The molecule has 0 aromatic heterocycles. The van der Waals surface area contributed by atoms with Crippen LogP contribution in [0.3, 0.4) is 0 Å². The number of hydrogen-bond acceptors (Lipinski definition) is 4. The first-order valence-electron chi connectivity index (χ1n) is 10.2. The van der Waals surface area contributed by atoms with Gasteiger partial charge in [-0.05, 0) is 37.3 Å². The highest BCUT2D eigenvalue weighted by Crippen LogP contribution is 2.36. The van der Waals surface area contributed by atoms with Gasteiger partial charge in [-0.2, -0.15) is 4.31 Å². The van der Waals surface area contributed by atoms with Gasteiger partial charge in [0.15, 0.2) is 0 Å². The standard InChI is InChI=1S/C20H29F2N3O3S/c1-4-5-10-25-19(26)18(14(2)3)23-20(25)8-11-24(12-9-20)29(27,28)17-7-6-15(21)13-16(17)22/h6-7,13-14,18,23H,4-5,8-12H2,1-3H3. The smallest absolute Gasteiger partial charge is 0.245 e. The van der Waals surface area contributed by atoms with E-state index in [9.17, 15) is 22.0 Å². The second-order valence-corrected chi connectivity index (χ2v) is 10.1. The van der Waals surface area contributed by atoms with Gasteiger partial charge >= 0.3 is 0 Å². The van der Waals surface area contributed by atoms with Gasteiger partial charge in [-0.15, -0.1) is 0 Å². The Kier molecular flexibility index (Phi) is 6.31. The summed E-state index contributed by atoms with van der Waals surface area (Å²) < 4.78 is 54.2. The van der Waals surface area contributed by atoms with Gasteiger partial charge in [0.25, 0.3) is 0 Å². The Labute approximate surface area is 171 Å². The minimum atomic E-state index is -4.07. The number of piperidine rings is 1. The van der Waals surface area contributed by atoms with Gasteiger partial charge in [0.1, 0.15) is 16.5 Å². The van der Waals surface area contributed by atoms with Crippen molar-refractivity contribution in [2.75, 3.05) is 19.6 Å². The number of hydrogen-bond donors (Lipinski definition) is 1. The Morgan fingerprint density at radius 3 is 2.45 bits per heavy atom. The van der Waals surface area contributed by atoms with Crippen LogP contribution in [0.4, 0.5) is 8.78 Å². The van der Waals surface area contributed by atoms with Gasteiger partial charge in [-0.3, -0.25) is 10.1 Å². The molecule has 0 radical (unpaired) electrons. The molecule has 1 atom stereocenters. The van der Waals surface area contributed by atoms with Crippen LogP contribution in [0.25, 0.3) is 0 Å². The Bertz CT molecular complexity index is 868. The minimum absolute atomic E-state index is 0.0642. The second-order valence-electron chi connectivity index (χ2n) is 8.22. The van der Waals surface area contributed by atoms with Crippen molar-refractivity contribution in [2.24, 2.45) is 5.92 Å². The lowest BCUT2D eigenvalue weighted by Crippen LogP contribution is -2.59. The van der Waals surface area contributed by atoms with E-state index in [0.717, 1.165) is 25.0 Å². The second kappa shape index (κ2) is 8.28. The van der Waals surface area contributed by atoms with Gasteiger partial charge < -0.3 is 4.90 Å². The molecule has 0 bridgehead atoms. The highest BCUT2D eigenvalue weighted by Gasteiger charge is 2.52. The summed E-state index contributed by atoms with van der Waals surface area (Å²) in [7, 11) is -4.07. The van der Waals surface area contributed by atoms with E-state index < -0.39 is 32.2 Å². The number of nitrogens with zero attached hydrogens (tertiary/aromatic N) is 2. The number of carbonyl (C=O) groups is 1. The fraction of sp³-hybridized carbons (Fsp3) is 0.650. The molecular weight excluding hydrogens is 400 g/mol. The zero-order valence-electron chi connectivity index (χ0n) is 17.1. The van der Waals surface area contributed by atoms with Crippen molar-refractivity contribution < 1.29 is 22.0 Å². The van der Waals surface area contributed by atoms with Gasteiger partial charge in [0.05, 0.1) is 11.7 Å². The Morgan fingerprint density at radius 2 is 1.90 bits per heavy atom. The van der Waals surface area contributed by atoms with Crippen LogP contribution in [0.5, 0.6) is 0 Å². The zero-order chi connectivity index (χ0) is 21.4. The van der Waals surface area contributed by atoms with Crippen molar-refractivity contribution in [3.63, 3.8) is 0 Å². The summed E-state index contributed by atoms with van der Waals surface area (Å²) >= 11 is 0. The van der Waals surface area contributed by atoms with Crippen molar-refractivity contribution in [2.45, 2.75) is 63.1 Å². The summed E-state index contributed by atoms with van der Waals surface area (Å²) in [5, 5.41) is 3.48. The van der Waals surface area contributed by atoms with Crippen molar-refractivity contribution in [3.8, 4) is 0 Å². The van der Waals surface area contributed by atoms with E-state index in [0.29, 0.717) is 25.5 Å².